The normalized spacial score (nSPS) is 10.6. The van der Waals surface area contributed by atoms with Crippen molar-refractivity contribution in [3.8, 4) is 0 Å². The molecular weight excluding hydrogens is 344 g/mol. The molecule has 0 saturated heterocycles. The lowest BCUT2D eigenvalue weighted by atomic mass is 10.0. The average Bonchev–Trinajstić information content (AvgIpc) is 2.64. The van der Waals surface area contributed by atoms with Crippen molar-refractivity contribution in [3.05, 3.63) is 0 Å². The molecule has 0 aliphatic carbocycles. The molecule has 6 heteroatoms. The Labute approximate surface area is 165 Å². The Hall–Kier alpha value is -1.43. The number of amides is 1. The third-order valence-electron chi connectivity index (χ3n) is 4.55. The second-order valence-electron chi connectivity index (χ2n) is 7.10. The fraction of sp³-hybridized carbons (Fsp3) is 0.857. The van der Waals surface area contributed by atoms with E-state index in [1.165, 1.54) is 51.4 Å². The second kappa shape index (κ2) is 19.3. The minimum Gasteiger partial charge on any atom is -0.392 e. The SMILES string of the molecule is CCNC(=O)CCCCCCCCCCCCCCCC(=O)OC(=O)CN. The van der Waals surface area contributed by atoms with Crippen LogP contribution in [0.4, 0.5) is 0 Å². The van der Waals surface area contributed by atoms with Gasteiger partial charge in [-0.1, -0.05) is 70.6 Å². The van der Waals surface area contributed by atoms with Crippen LogP contribution in [0, 0.1) is 0 Å². The number of carbonyl (C=O) groups is 3. The second-order valence-corrected chi connectivity index (χ2v) is 7.10. The zero-order chi connectivity index (χ0) is 20.2. The van der Waals surface area contributed by atoms with Crippen molar-refractivity contribution >= 4 is 17.8 Å². The van der Waals surface area contributed by atoms with Gasteiger partial charge in [-0.25, -0.2) is 0 Å². The summed E-state index contributed by atoms with van der Waals surface area (Å²) in [5.41, 5.74) is 5.08. The summed E-state index contributed by atoms with van der Waals surface area (Å²) >= 11 is 0. The number of carbonyl (C=O) groups excluding carboxylic acids is 3. The highest BCUT2D eigenvalue weighted by molar-refractivity contribution is 5.86. The summed E-state index contributed by atoms with van der Waals surface area (Å²) in [4.78, 5) is 33.4. The quantitative estimate of drug-likeness (QED) is 0.211. The molecule has 0 heterocycles. The van der Waals surface area contributed by atoms with Crippen LogP contribution in [0.15, 0.2) is 0 Å². The molecule has 0 aliphatic heterocycles. The van der Waals surface area contributed by atoms with Gasteiger partial charge in [0.1, 0.15) is 0 Å². The molecule has 0 unspecified atom stereocenters. The third kappa shape index (κ3) is 19.1. The first-order valence-corrected chi connectivity index (χ1v) is 10.8. The van der Waals surface area contributed by atoms with E-state index in [4.69, 9.17) is 5.73 Å². The van der Waals surface area contributed by atoms with E-state index in [1.54, 1.807) is 0 Å². The van der Waals surface area contributed by atoms with E-state index in [1.807, 2.05) is 6.92 Å². The van der Waals surface area contributed by atoms with Crippen LogP contribution in [0.1, 0.15) is 103 Å². The van der Waals surface area contributed by atoms with Crippen LogP contribution in [-0.4, -0.2) is 30.9 Å². The van der Waals surface area contributed by atoms with Gasteiger partial charge in [-0.3, -0.25) is 14.4 Å². The molecule has 6 nitrogen and oxygen atoms in total. The Morgan fingerprint density at radius 1 is 0.667 bits per heavy atom. The Kier molecular flexibility index (Phi) is 18.3. The molecule has 0 aliphatic rings. The number of nitrogens with two attached hydrogens (primary N) is 1. The minimum atomic E-state index is -0.653. The molecule has 0 bridgehead atoms. The van der Waals surface area contributed by atoms with Gasteiger partial charge in [-0.15, -0.1) is 0 Å². The van der Waals surface area contributed by atoms with E-state index in [9.17, 15) is 14.4 Å². The fourth-order valence-corrected chi connectivity index (χ4v) is 3.00. The maximum atomic E-state index is 11.3. The van der Waals surface area contributed by atoms with Gasteiger partial charge in [0.05, 0.1) is 6.54 Å². The van der Waals surface area contributed by atoms with Crippen LogP contribution in [0.25, 0.3) is 0 Å². The molecule has 0 rings (SSSR count). The van der Waals surface area contributed by atoms with Crippen LogP contribution < -0.4 is 11.1 Å². The molecule has 0 aromatic heterocycles. The Bertz CT molecular complexity index is 400. The van der Waals surface area contributed by atoms with Gasteiger partial charge < -0.3 is 15.8 Å². The highest BCUT2D eigenvalue weighted by Crippen LogP contribution is 2.13. The van der Waals surface area contributed by atoms with Crippen molar-refractivity contribution in [2.75, 3.05) is 13.1 Å². The lowest BCUT2D eigenvalue weighted by Gasteiger charge is -2.04. The maximum absolute atomic E-state index is 11.3. The van der Waals surface area contributed by atoms with Gasteiger partial charge in [0.15, 0.2) is 0 Å². The molecule has 0 radical (unpaired) electrons. The van der Waals surface area contributed by atoms with Crippen LogP contribution in [-0.2, 0) is 19.1 Å². The van der Waals surface area contributed by atoms with Crippen molar-refractivity contribution in [1.82, 2.24) is 5.32 Å². The van der Waals surface area contributed by atoms with Crippen LogP contribution >= 0.6 is 0 Å². The van der Waals surface area contributed by atoms with Gasteiger partial charge in [-0.05, 0) is 19.8 Å². The fourth-order valence-electron chi connectivity index (χ4n) is 3.00. The monoisotopic (exact) mass is 384 g/mol. The molecule has 158 valence electrons. The zero-order valence-corrected chi connectivity index (χ0v) is 17.2. The van der Waals surface area contributed by atoms with Crippen molar-refractivity contribution < 1.29 is 19.1 Å². The molecular formula is C21H40N2O4. The number of unbranched alkanes of at least 4 members (excludes halogenated alkanes) is 12. The summed E-state index contributed by atoms with van der Waals surface area (Å²) in [6.07, 6.45) is 16.2. The zero-order valence-electron chi connectivity index (χ0n) is 17.2. The van der Waals surface area contributed by atoms with Gasteiger partial charge in [-0.2, -0.15) is 0 Å². The van der Waals surface area contributed by atoms with Gasteiger partial charge >= 0.3 is 11.9 Å². The summed E-state index contributed by atoms with van der Waals surface area (Å²) in [5, 5.41) is 2.83. The smallest absolute Gasteiger partial charge is 0.327 e. The third-order valence-corrected chi connectivity index (χ3v) is 4.55. The summed E-state index contributed by atoms with van der Waals surface area (Å²) in [7, 11) is 0. The number of hydrogen-bond acceptors (Lipinski definition) is 5. The Morgan fingerprint density at radius 2 is 1.07 bits per heavy atom. The lowest BCUT2D eigenvalue weighted by Crippen LogP contribution is -2.21. The number of hydrogen-bond donors (Lipinski definition) is 2. The number of esters is 2. The lowest BCUT2D eigenvalue weighted by molar-refractivity contribution is -0.158. The van der Waals surface area contributed by atoms with E-state index in [-0.39, 0.29) is 12.5 Å². The van der Waals surface area contributed by atoms with Crippen molar-refractivity contribution in [2.45, 2.75) is 103 Å². The summed E-state index contributed by atoms with van der Waals surface area (Å²) in [6.45, 7) is 2.43. The molecule has 1 amide bonds. The predicted molar refractivity (Wildman–Crippen MR) is 108 cm³/mol. The highest BCUT2D eigenvalue weighted by Gasteiger charge is 2.07. The van der Waals surface area contributed by atoms with Crippen LogP contribution in [0.3, 0.4) is 0 Å². The van der Waals surface area contributed by atoms with Gasteiger partial charge in [0.2, 0.25) is 5.91 Å². The number of nitrogens with one attached hydrogen (secondary N) is 1. The maximum Gasteiger partial charge on any atom is 0.327 e. The molecule has 0 atom stereocenters. The molecule has 0 fully saturated rings. The van der Waals surface area contributed by atoms with E-state index >= 15 is 0 Å². The Balaban J connectivity index is 3.18. The van der Waals surface area contributed by atoms with Crippen LogP contribution in [0.5, 0.6) is 0 Å². The average molecular weight is 385 g/mol. The van der Waals surface area contributed by atoms with Crippen molar-refractivity contribution in [3.63, 3.8) is 0 Å². The number of ether oxygens (including phenoxy) is 1. The summed E-state index contributed by atoms with van der Waals surface area (Å²) in [6, 6.07) is 0. The molecule has 0 spiro atoms. The number of rotatable bonds is 18. The van der Waals surface area contributed by atoms with Gasteiger partial charge in [0, 0.05) is 19.4 Å². The minimum absolute atomic E-state index is 0.180. The first-order chi connectivity index (χ1) is 13.1. The topological polar surface area (TPSA) is 98.5 Å². The Morgan fingerprint density at radius 3 is 1.48 bits per heavy atom. The summed E-state index contributed by atoms with van der Waals surface area (Å²) in [5.74, 6) is -0.937. The molecule has 27 heavy (non-hydrogen) atoms. The highest BCUT2D eigenvalue weighted by atomic mass is 16.6. The van der Waals surface area contributed by atoms with E-state index in [0.29, 0.717) is 12.8 Å². The molecule has 0 aromatic carbocycles. The standard InChI is InChI=1S/C21H40N2O4/c1-2-23-19(24)16-14-12-10-8-6-4-3-5-7-9-11-13-15-17-20(25)27-21(26)18-22/h2-18,22H2,1H3,(H,23,24). The van der Waals surface area contributed by atoms with Crippen molar-refractivity contribution in [1.29, 1.82) is 0 Å². The molecule has 3 N–H and O–H groups in total. The van der Waals surface area contributed by atoms with Gasteiger partial charge in [0.25, 0.3) is 0 Å². The van der Waals surface area contributed by atoms with Crippen LogP contribution in [0.2, 0.25) is 0 Å². The molecule has 0 saturated carbocycles. The molecule has 0 aromatic rings. The van der Waals surface area contributed by atoms with Crippen molar-refractivity contribution in [2.24, 2.45) is 5.73 Å². The van der Waals surface area contributed by atoms with E-state index in [0.717, 1.165) is 38.6 Å². The first-order valence-electron chi connectivity index (χ1n) is 10.8. The van der Waals surface area contributed by atoms with E-state index < -0.39 is 11.9 Å². The van der Waals surface area contributed by atoms with E-state index in [2.05, 4.69) is 10.1 Å². The first kappa shape index (κ1) is 25.6. The largest absolute Gasteiger partial charge is 0.392 e. The predicted octanol–water partition coefficient (Wildman–Crippen LogP) is 4.00. The summed E-state index contributed by atoms with van der Waals surface area (Å²) < 4.78 is 4.51.